The molecule has 1 saturated carbocycles. The molecule has 2 atom stereocenters. The summed E-state index contributed by atoms with van der Waals surface area (Å²) in [5.41, 5.74) is 0.760. The number of amides is 1. The minimum absolute atomic E-state index is 0.0661. The van der Waals surface area contributed by atoms with E-state index in [9.17, 15) is 4.79 Å². The third-order valence-electron chi connectivity index (χ3n) is 3.84. The van der Waals surface area contributed by atoms with Gasteiger partial charge in [-0.15, -0.1) is 0 Å². The van der Waals surface area contributed by atoms with Gasteiger partial charge in [-0.25, -0.2) is 0 Å². The van der Waals surface area contributed by atoms with Crippen LogP contribution in [0.1, 0.15) is 29.6 Å². The summed E-state index contributed by atoms with van der Waals surface area (Å²) >= 11 is 0.437. The summed E-state index contributed by atoms with van der Waals surface area (Å²) in [4.78, 5) is 12.9. The molecule has 2 aromatic carbocycles. The molecule has 1 amide bonds. The van der Waals surface area contributed by atoms with Crippen molar-refractivity contribution >= 4 is 25.3 Å². The Morgan fingerprint density at radius 1 is 0.952 bits per heavy atom. The third kappa shape index (κ3) is 3.75. The molecule has 108 valence electrons. The van der Waals surface area contributed by atoms with Gasteiger partial charge in [0.25, 0.3) is 0 Å². The van der Waals surface area contributed by atoms with E-state index >= 15 is 0 Å². The molecular formula is C18H19NOSe. The quantitative estimate of drug-likeness (QED) is 0.849. The van der Waals surface area contributed by atoms with Gasteiger partial charge in [-0.3, -0.25) is 0 Å². The van der Waals surface area contributed by atoms with Gasteiger partial charge in [-0.1, -0.05) is 0 Å². The van der Waals surface area contributed by atoms with Crippen molar-refractivity contribution in [2.45, 2.75) is 30.1 Å². The van der Waals surface area contributed by atoms with E-state index in [4.69, 9.17) is 0 Å². The number of benzene rings is 2. The van der Waals surface area contributed by atoms with Gasteiger partial charge in [-0.2, -0.15) is 0 Å². The molecule has 0 aliphatic heterocycles. The summed E-state index contributed by atoms with van der Waals surface area (Å²) in [7, 11) is 0. The topological polar surface area (TPSA) is 29.1 Å². The van der Waals surface area contributed by atoms with Crippen molar-refractivity contribution in [3.63, 3.8) is 0 Å². The predicted octanol–water partition coefficient (Wildman–Crippen LogP) is 2.79. The third-order valence-corrected chi connectivity index (χ3v) is 6.80. The fraction of sp³-hybridized carbons (Fsp3) is 0.278. The van der Waals surface area contributed by atoms with Gasteiger partial charge in [-0.05, 0) is 0 Å². The summed E-state index contributed by atoms with van der Waals surface area (Å²) in [5.74, 6) is 0.0661. The van der Waals surface area contributed by atoms with Crippen molar-refractivity contribution in [1.82, 2.24) is 5.32 Å². The van der Waals surface area contributed by atoms with E-state index in [-0.39, 0.29) is 5.91 Å². The van der Waals surface area contributed by atoms with E-state index in [1.165, 1.54) is 17.3 Å². The molecule has 3 heteroatoms. The molecule has 21 heavy (non-hydrogen) atoms. The summed E-state index contributed by atoms with van der Waals surface area (Å²) < 4.78 is 1.43. The molecule has 0 aromatic heterocycles. The molecule has 0 saturated heterocycles. The average Bonchev–Trinajstić information content (AvgIpc) is 2.96. The van der Waals surface area contributed by atoms with Gasteiger partial charge < -0.3 is 0 Å². The maximum absolute atomic E-state index is 12.3. The number of hydrogen-bond donors (Lipinski definition) is 1. The first-order valence-electron chi connectivity index (χ1n) is 7.40. The van der Waals surface area contributed by atoms with Crippen molar-refractivity contribution in [3.8, 4) is 0 Å². The van der Waals surface area contributed by atoms with Crippen molar-refractivity contribution in [2.75, 3.05) is 0 Å². The summed E-state index contributed by atoms with van der Waals surface area (Å²) in [6.07, 6.45) is 3.56. The Morgan fingerprint density at radius 2 is 1.62 bits per heavy atom. The molecule has 1 N–H and O–H groups in total. The second-order valence-corrected chi connectivity index (χ2v) is 8.10. The Kier molecular flexibility index (Phi) is 4.74. The standard InChI is InChI=1S/C18H19NOSe/c20-18(14-8-3-1-4-9-14)19-16-12-7-13-17(16)21-15-10-5-2-6-11-15/h1-6,8-11,16-17H,7,12-13H2,(H,19,20)/t16-,17-/m1/s1. The van der Waals surface area contributed by atoms with Gasteiger partial charge in [0.15, 0.2) is 0 Å². The van der Waals surface area contributed by atoms with Crippen LogP contribution in [0.25, 0.3) is 0 Å². The van der Waals surface area contributed by atoms with Crippen LogP contribution in [0, 0.1) is 0 Å². The van der Waals surface area contributed by atoms with Crippen molar-refractivity contribution < 1.29 is 4.79 Å². The summed E-state index contributed by atoms with van der Waals surface area (Å²) in [6.45, 7) is 0. The van der Waals surface area contributed by atoms with E-state index in [2.05, 4.69) is 35.6 Å². The second kappa shape index (κ2) is 6.93. The van der Waals surface area contributed by atoms with E-state index in [0.717, 1.165) is 12.0 Å². The Balaban J connectivity index is 1.63. The number of carbonyl (C=O) groups excluding carboxylic acids is 1. The van der Waals surface area contributed by atoms with Gasteiger partial charge in [0.1, 0.15) is 0 Å². The van der Waals surface area contributed by atoms with E-state index in [0.29, 0.717) is 25.8 Å². The van der Waals surface area contributed by atoms with E-state index in [1.54, 1.807) is 0 Å². The SMILES string of the molecule is O=C(N[C@@H]1CCC[C@H]1[Se]c1ccccc1)c1ccccc1. The fourth-order valence-corrected chi connectivity index (χ4v) is 5.51. The van der Waals surface area contributed by atoms with Gasteiger partial charge in [0.05, 0.1) is 0 Å². The Hall–Kier alpha value is -1.57. The molecule has 1 aliphatic carbocycles. The molecule has 0 spiro atoms. The molecule has 1 fully saturated rings. The average molecular weight is 344 g/mol. The Morgan fingerprint density at radius 3 is 2.33 bits per heavy atom. The first kappa shape index (κ1) is 14.4. The van der Waals surface area contributed by atoms with Crippen molar-refractivity contribution in [1.29, 1.82) is 0 Å². The van der Waals surface area contributed by atoms with Gasteiger partial charge >= 0.3 is 132 Å². The van der Waals surface area contributed by atoms with Crippen LogP contribution in [0.4, 0.5) is 0 Å². The minimum atomic E-state index is 0.0661. The fourth-order valence-electron chi connectivity index (χ4n) is 2.75. The van der Waals surface area contributed by atoms with E-state index < -0.39 is 0 Å². The van der Waals surface area contributed by atoms with Crippen LogP contribution < -0.4 is 9.78 Å². The first-order valence-corrected chi connectivity index (χ1v) is 9.25. The number of hydrogen-bond acceptors (Lipinski definition) is 1. The molecule has 3 rings (SSSR count). The van der Waals surface area contributed by atoms with Crippen LogP contribution in [0.2, 0.25) is 4.82 Å². The van der Waals surface area contributed by atoms with E-state index in [1.807, 2.05) is 30.3 Å². The van der Waals surface area contributed by atoms with Crippen LogP contribution in [0.5, 0.6) is 0 Å². The van der Waals surface area contributed by atoms with Crippen LogP contribution >= 0.6 is 0 Å². The molecule has 0 radical (unpaired) electrons. The molecular weight excluding hydrogens is 325 g/mol. The molecule has 2 aromatic rings. The second-order valence-electron chi connectivity index (χ2n) is 5.35. The zero-order chi connectivity index (χ0) is 14.5. The van der Waals surface area contributed by atoms with Crippen LogP contribution in [0.15, 0.2) is 60.7 Å². The van der Waals surface area contributed by atoms with Crippen LogP contribution in [0.3, 0.4) is 0 Å². The first-order chi connectivity index (χ1) is 10.3. The Labute approximate surface area is 132 Å². The zero-order valence-electron chi connectivity index (χ0n) is 11.9. The summed E-state index contributed by atoms with van der Waals surface area (Å²) in [5, 5.41) is 3.24. The molecule has 2 nitrogen and oxygen atoms in total. The normalized spacial score (nSPS) is 21.1. The summed E-state index contributed by atoms with van der Waals surface area (Å²) in [6, 6.07) is 20.5. The van der Waals surface area contributed by atoms with Crippen LogP contribution in [-0.4, -0.2) is 26.9 Å². The molecule has 0 bridgehead atoms. The number of carbonyl (C=O) groups is 1. The maximum atomic E-state index is 12.3. The molecule has 1 aliphatic rings. The zero-order valence-corrected chi connectivity index (χ0v) is 13.6. The predicted molar refractivity (Wildman–Crippen MR) is 87.1 cm³/mol. The number of rotatable bonds is 4. The number of nitrogens with one attached hydrogen (secondary N) is 1. The Bertz CT molecular complexity index is 585. The molecule has 0 heterocycles. The monoisotopic (exact) mass is 345 g/mol. The van der Waals surface area contributed by atoms with Gasteiger partial charge in [0.2, 0.25) is 0 Å². The molecule has 0 unspecified atom stereocenters. The van der Waals surface area contributed by atoms with Gasteiger partial charge in [0, 0.05) is 0 Å². The van der Waals surface area contributed by atoms with Crippen molar-refractivity contribution in [2.24, 2.45) is 0 Å². The van der Waals surface area contributed by atoms with Crippen molar-refractivity contribution in [3.05, 3.63) is 66.2 Å². The van der Waals surface area contributed by atoms with Crippen LogP contribution in [-0.2, 0) is 0 Å².